The summed E-state index contributed by atoms with van der Waals surface area (Å²) in [4.78, 5) is 0. The van der Waals surface area contributed by atoms with Crippen LogP contribution in [0.25, 0.3) is 0 Å². The fourth-order valence-corrected chi connectivity index (χ4v) is 1.91. The van der Waals surface area contributed by atoms with Crippen LogP contribution in [-0.2, 0) is 0 Å². The summed E-state index contributed by atoms with van der Waals surface area (Å²) in [5.41, 5.74) is 0. The van der Waals surface area contributed by atoms with Crippen molar-refractivity contribution >= 4 is 11.8 Å². The predicted molar refractivity (Wildman–Crippen MR) is 63.1 cm³/mol. The molecule has 13 heavy (non-hydrogen) atoms. The van der Waals surface area contributed by atoms with Crippen LogP contribution in [0.3, 0.4) is 0 Å². The Kier molecular flexibility index (Phi) is 6.28. The smallest absolute Gasteiger partial charge is 0.0267 e. The molecule has 0 fully saturated rings. The van der Waals surface area contributed by atoms with Crippen LogP contribution in [-0.4, -0.2) is 23.1 Å². The molecule has 0 rings (SSSR count). The van der Waals surface area contributed by atoms with Gasteiger partial charge in [0.15, 0.2) is 0 Å². The zero-order valence-electron chi connectivity index (χ0n) is 9.18. The number of thioether (sulfide) groups is 1. The molecular formula is C11H21NS. The van der Waals surface area contributed by atoms with Crippen LogP contribution in [0.2, 0.25) is 0 Å². The number of hydrogen-bond donors (Lipinski definition) is 1. The Bertz CT molecular complexity index is 164. The van der Waals surface area contributed by atoms with Crippen molar-refractivity contribution in [3.63, 3.8) is 0 Å². The molecule has 0 amide bonds. The van der Waals surface area contributed by atoms with Gasteiger partial charge in [0, 0.05) is 23.0 Å². The first-order valence-electron chi connectivity index (χ1n) is 4.80. The molecule has 0 bridgehead atoms. The Balaban J connectivity index is 3.76. The van der Waals surface area contributed by atoms with Gasteiger partial charge in [-0.1, -0.05) is 27.7 Å². The maximum absolute atomic E-state index is 5.30. The average molecular weight is 199 g/mol. The highest BCUT2D eigenvalue weighted by molar-refractivity contribution is 8.00. The van der Waals surface area contributed by atoms with Crippen molar-refractivity contribution in [1.29, 1.82) is 0 Å². The van der Waals surface area contributed by atoms with Gasteiger partial charge in [-0.3, -0.25) is 0 Å². The highest BCUT2D eigenvalue weighted by Gasteiger charge is 2.14. The molecule has 2 heteroatoms. The van der Waals surface area contributed by atoms with Crippen molar-refractivity contribution in [2.24, 2.45) is 0 Å². The van der Waals surface area contributed by atoms with Gasteiger partial charge in [0.05, 0.1) is 0 Å². The first kappa shape index (κ1) is 12.9. The van der Waals surface area contributed by atoms with Crippen LogP contribution >= 0.6 is 11.8 Å². The lowest BCUT2D eigenvalue weighted by molar-refractivity contribution is 0.585. The van der Waals surface area contributed by atoms with E-state index in [1.807, 2.05) is 11.8 Å². The van der Waals surface area contributed by atoms with Crippen molar-refractivity contribution in [1.82, 2.24) is 5.32 Å². The van der Waals surface area contributed by atoms with Gasteiger partial charge in [0.2, 0.25) is 0 Å². The summed E-state index contributed by atoms with van der Waals surface area (Å²) in [6, 6.07) is 0.472. The molecule has 0 aromatic heterocycles. The third-order valence-electron chi connectivity index (χ3n) is 1.57. The Morgan fingerprint density at radius 1 is 1.46 bits per heavy atom. The molecule has 0 aliphatic rings. The maximum Gasteiger partial charge on any atom is 0.0267 e. The first-order chi connectivity index (χ1) is 5.99. The molecule has 1 N–H and O–H groups in total. The molecule has 1 nitrogen and oxygen atoms in total. The van der Waals surface area contributed by atoms with Crippen molar-refractivity contribution < 1.29 is 0 Å². The molecule has 76 valence electrons. The second-order valence-corrected chi connectivity index (χ2v) is 5.93. The minimum atomic E-state index is 0.336. The van der Waals surface area contributed by atoms with Crippen LogP contribution in [0.5, 0.6) is 0 Å². The molecule has 0 saturated carbocycles. The highest BCUT2D eigenvalue weighted by Crippen LogP contribution is 2.24. The normalized spacial score (nSPS) is 13.8. The lowest BCUT2D eigenvalue weighted by Crippen LogP contribution is -2.32. The first-order valence-corrected chi connectivity index (χ1v) is 5.79. The van der Waals surface area contributed by atoms with Crippen molar-refractivity contribution in [3.8, 4) is 12.3 Å². The van der Waals surface area contributed by atoms with Crippen LogP contribution in [0.1, 0.15) is 34.1 Å². The molecule has 0 radical (unpaired) electrons. The summed E-state index contributed by atoms with van der Waals surface area (Å²) in [7, 11) is 0. The topological polar surface area (TPSA) is 12.0 Å². The minimum Gasteiger partial charge on any atom is -0.312 e. The monoisotopic (exact) mass is 199 g/mol. The summed E-state index contributed by atoms with van der Waals surface area (Å²) >= 11 is 1.96. The van der Waals surface area contributed by atoms with E-state index in [4.69, 9.17) is 6.42 Å². The fourth-order valence-electron chi connectivity index (χ4n) is 0.972. The Labute approximate surface area is 87.1 Å². The van der Waals surface area contributed by atoms with Crippen molar-refractivity contribution in [3.05, 3.63) is 0 Å². The van der Waals surface area contributed by atoms with Gasteiger partial charge in [0.1, 0.15) is 0 Å². The number of rotatable bonds is 5. The zero-order chi connectivity index (χ0) is 10.3. The standard InChI is InChI=1S/C11H21NS/c1-6-8-10(12-7-2)9-13-11(3,4)5/h1,10,12H,7-9H2,2-5H3. The number of nitrogens with one attached hydrogen (secondary N) is 1. The quantitative estimate of drug-likeness (QED) is 0.683. The molecule has 0 aromatic rings. The maximum atomic E-state index is 5.30. The van der Waals surface area contributed by atoms with Gasteiger partial charge in [-0.15, -0.1) is 12.3 Å². The Hall–Kier alpha value is -0.130. The molecule has 0 aromatic carbocycles. The number of hydrogen-bond acceptors (Lipinski definition) is 2. The summed E-state index contributed by atoms with van der Waals surface area (Å²) in [5, 5.41) is 3.39. The van der Waals surface area contributed by atoms with E-state index >= 15 is 0 Å². The summed E-state index contributed by atoms with van der Waals surface area (Å²) in [6.45, 7) is 9.81. The molecule has 0 spiro atoms. The van der Waals surface area contributed by atoms with Crippen LogP contribution in [0, 0.1) is 12.3 Å². The summed E-state index contributed by atoms with van der Waals surface area (Å²) < 4.78 is 0.336. The largest absolute Gasteiger partial charge is 0.312 e. The predicted octanol–water partition coefficient (Wildman–Crippen LogP) is 2.52. The van der Waals surface area contributed by atoms with Crippen LogP contribution in [0.15, 0.2) is 0 Å². The van der Waals surface area contributed by atoms with E-state index in [1.54, 1.807) is 0 Å². The molecule has 0 heterocycles. The Morgan fingerprint density at radius 3 is 2.46 bits per heavy atom. The summed E-state index contributed by atoms with van der Waals surface area (Å²) in [5.74, 6) is 3.81. The van der Waals surface area contributed by atoms with Gasteiger partial charge < -0.3 is 5.32 Å². The summed E-state index contributed by atoms with van der Waals surface area (Å²) in [6.07, 6.45) is 6.13. The fraction of sp³-hybridized carbons (Fsp3) is 0.818. The van der Waals surface area contributed by atoms with E-state index in [-0.39, 0.29) is 0 Å². The third-order valence-corrected chi connectivity index (χ3v) is 3.01. The van der Waals surface area contributed by atoms with E-state index in [0.29, 0.717) is 10.8 Å². The Morgan fingerprint density at radius 2 is 2.08 bits per heavy atom. The second-order valence-electron chi connectivity index (χ2n) is 4.09. The van der Waals surface area contributed by atoms with Crippen molar-refractivity contribution in [2.45, 2.75) is 44.9 Å². The zero-order valence-corrected chi connectivity index (χ0v) is 10.0. The van der Waals surface area contributed by atoms with Gasteiger partial charge in [-0.25, -0.2) is 0 Å². The van der Waals surface area contributed by atoms with Gasteiger partial charge >= 0.3 is 0 Å². The molecule has 0 saturated heterocycles. The highest BCUT2D eigenvalue weighted by atomic mass is 32.2. The van der Waals surface area contributed by atoms with Crippen LogP contribution in [0.4, 0.5) is 0 Å². The lowest BCUT2D eigenvalue weighted by Gasteiger charge is -2.22. The average Bonchev–Trinajstić information content (AvgIpc) is 2.00. The van der Waals surface area contributed by atoms with E-state index in [9.17, 15) is 0 Å². The third kappa shape index (κ3) is 8.21. The number of terminal acetylenes is 1. The second kappa shape index (κ2) is 6.34. The lowest BCUT2D eigenvalue weighted by atomic mass is 10.2. The van der Waals surface area contributed by atoms with E-state index in [0.717, 1.165) is 18.7 Å². The molecule has 0 aliphatic carbocycles. The van der Waals surface area contributed by atoms with E-state index < -0.39 is 0 Å². The molecule has 1 unspecified atom stereocenters. The van der Waals surface area contributed by atoms with Crippen molar-refractivity contribution in [2.75, 3.05) is 12.3 Å². The van der Waals surface area contributed by atoms with Crippen LogP contribution < -0.4 is 5.32 Å². The van der Waals surface area contributed by atoms with Gasteiger partial charge in [-0.05, 0) is 6.54 Å². The van der Waals surface area contributed by atoms with Gasteiger partial charge in [-0.2, -0.15) is 11.8 Å². The van der Waals surface area contributed by atoms with E-state index in [2.05, 4.69) is 38.9 Å². The molecule has 1 atom stereocenters. The van der Waals surface area contributed by atoms with E-state index in [1.165, 1.54) is 0 Å². The van der Waals surface area contributed by atoms with Gasteiger partial charge in [0.25, 0.3) is 0 Å². The molecular weight excluding hydrogens is 178 g/mol. The minimum absolute atomic E-state index is 0.336. The molecule has 0 aliphatic heterocycles. The SMILES string of the molecule is C#CCC(CSC(C)(C)C)NCC.